The van der Waals surface area contributed by atoms with E-state index in [1.54, 1.807) is 6.26 Å². The first-order valence-electron chi connectivity index (χ1n) is 6.59. The standard InChI is InChI=1S/C16H15N3O/c1-2-17-15-11-13(12-7-4-3-5-8-12)18-16(19-15)14-9-6-10-20-14/h3-11H,2H2,1H3,(H,17,18,19). The normalized spacial score (nSPS) is 10.4. The van der Waals surface area contributed by atoms with E-state index in [9.17, 15) is 0 Å². The maximum atomic E-state index is 5.39. The van der Waals surface area contributed by atoms with Crippen LogP contribution >= 0.6 is 0 Å². The Hall–Kier alpha value is -2.62. The molecule has 100 valence electrons. The van der Waals surface area contributed by atoms with Crippen LogP contribution in [-0.4, -0.2) is 16.5 Å². The van der Waals surface area contributed by atoms with Crippen LogP contribution in [0, 0.1) is 0 Å². The fraction of sp³-hybridized carbons (Fsp3) is 0.125. The number of aromatic nitrogens is 2. The van der Waals surface area contributed by atoms with Gasteiger partial charge >= 0.3 is 0 Å². The van der Waals surface area contributed by atoms with Crippen LogP contribution in [0.5, 0.6) is 0 Å². The molecule has 3 rings (SSSR count). The van der Waals surface area contributed by atoms with E-state index in [4.69, 9.17) is 4.42 Å². The highest BCUT2D eigenvalue weighted by molar-refractivity contribution is 5.65. The molecule has 0 aliphatic carbocycles. The number of nitrogens with one attached hydrogen (secondary N) is 1. The fourth-order valence-electron chi connectivity index (χ4n) is 1.99. The summed E-state index contributed by atoms with van der Waals surface area (Å²) in [7, 11) is 0. The Labute approximate surface area is 117 Å². The van der Waals surface area contributed by atoms with Gasteiger partial charge in [-0.2, -0.15) is 0 Å². The lowest BCUT2D eigenvalue weighted by atomic mass is 10.1. The Morgan fingerprint density at radius 3 is 2.60 bits per heavy atom. The van der Waals surface area contributed by atoms with Crippen LogP contribution in [0.3, 0.4) is 0 Å². The number of nitrogens with zero attached hydrogens (tertiary/aromatic N) is 2. The molecule has 0 aliphatic heterocycles. The number of hydrogen-bond acceptors (Lipinski definition) is 4. The van der Waals surface area contributed by atoms with Gasteiger partial charge in [0.1, 0.15) is 5.82 Å². The van der Waals surface area contributed by atoms with E-state index < -0.39 is 0 Å². The molecule has 0 aliphatic rings. The number of furan rings is 1. The summed E-state index contributed by atoms with van der Waals surface area (Å²) in [6, 6.07) is 15.7. The lowest BCUT2D eigenvalue weighted by molar-refractivity contribution is 0.577. The van der Waals surface area contributed by atoms with Crippen molar-refractivity contribution in [2.45, 2.75) is 6.92 Å². The minimum absolute atomic E-state index is 0.590. The molecule has 1 N–H and O–H groups in total. The summed E-state index contributed by atoms with van der Waals surface area (Å²) in [5, 5.41) is 3.23. The summed E-state index contributed by atoms with van der Waals surface area (Å²) in [6.45, 7) is 2.85. The van der Waals surface area contributed by atoms with Crippen molar-refractivity contribution in [3.63, 3.8) is 0 Å². The smallest absolute Gasteiger partial charge is 0.198 e. The molecule has 0 unspecified atom stereocenters. The third-order valence-electron chi connectivity index (χ3n) is 2.90. The van der Waals surface area contributed by atoms with Crippen LogP contribution in [0.4, 0.5) is 5.82 Å². The monoisotopic (exact) mass is 265 g/mol. The molecule has 2 aromatic heterocycles. The van der Waals surface area contributed by atoms with Gasteiger partial charge in [0, 0.05) is 18.2 Å². The van der Waals surface area contributed by atoms with Crippen molar-refractivity contribution in [1.82, 2.24) is 9.97 Å². The molecule has 20 heavy (non-hydrogen) atoms. The highest BCUT2D eigenvalue weighted by atomic mass is 16.3. The van der Waals surface area contributed by atoms with E-state index in [-0.39, 0.29) is 0 Å². The predicted octanol–water partition coefficient (Wildman–Crippen LogP) is 3.84. The molecular weight excluding hydrogens is 250 g/mol. The molecule has 0 radical (unpaired) electrons. The number of anilines is 1. The maximum absolute atomic E-state index is 5.39. The van der Waals surface area contributed by atoms with Crippen LogP contribution in [-0.2, 0) is 0 Å². The van der Waals surface area contributed by atoms with Crippen molar-refractivity contribution in [3.05, 3.63) is 54.8 Å². The Balaban J connectivity index is 2.10. The van der Waals surface area contributed by atoms with Gasteiger partial charge in [0.25, 0.3) is 0 Å². The van der Waals surface area contributed by atoms with Crippen molar-refractivity contribution in [3.8, 4) is 22.8 Å². The molecular formula is C16H15N3O. The Bertz CT molecular complexity index is 678. The SMILES string of the molecule is CCNc1cc(-c2ccccc2)nc(-c2ccco2)n1. The Morgan fingerprint density at radius 1 is 1.05 bits per heavy atom. The number of benzene rings is 1. The van der Waals surface area contributed by atoms with Gasteiger partial charge < -0.3 is 9.73 Å². The highest BCUT2D eigenvalue weighted by Gasteiger charge is 2.10. The van der Waals surface area contributed by atoms with Gasteiger partial charge in [-0.1, -0.05) is 30.3 Å². The molecule has 0 fully saturated rings. The first-order valence-corrected chi connectivity index (χ1v) is 6.59. The van der Waals surface area contributed by atoms with E-state index in [0.717, 1.165) is 23.6 Å². The first kappa shape index (κ1) is 12.4. The summed E-state index contributed by atoms with van der Waals surface area (Å²) in [5.74, 6) is 2.06. The second-order valence-corrected chi connectivity index (χ2v) is 4.34. The van der Waals surface area contributed by atoms with E-state index in [1.165, 1.54) is 0 Å². The van der Waals surface area contributed by atoms with Gasteiger partial charge in [0.15, 0.2) is 11.6 Å². The van der Waals surface area contributed by atoms with Crippen LogP contribution in [0.25, 0.3) is 22.8 Å². The summed E-state index contributed by atoms with van der Waals surface area (Å²) in [6.07, 6.45) is 1.63. The van der Waals surface area contributed by atoms with Gasteiger partial charge in [0.2, 0.25) is 0 Å². The molecule has 0 amide bonds. The third-order valence-corrected chi connectivity index (χ3v) is 2.90. The summed E-state index contributed by atoms with van der Waals surface area (Å²) in [5.41, 5.74) is 1.94. The maximum Gasteiger partial charge on any atom is 0.198 e. The van der Waals surface area contributed by atoms with Crippen LogP contribution in [0.1, 0.15) is 6.92 Å². The van der Waals surface area contributed by atoms with Crippen LogP contribution in [0.2, 0.25) is 0 Å². The van der Waals surface area contributed by atoms with Crippen molar-refractivity contribution < 1.29 is 4.42 Å². The van der Waals surface area contributed by atoms with Crippen molar-refractivity contribution in [1.29, 1.82) is 0 Å². The molecule has 2 heterocycles. The second kappa shape index (κ2) is 5.57. The average Bonchev–Trinajstić information content (AvgIpc) is 3.02. The van der Waals surface area contributed by atoms with Gasteiger partial charge in [-0.15, -0.1) is 0 Å². The van der Waals surface area contributed by atoms with Gasteiger partial charge in [-0.25, -0.2) is 9.97 Å². The molecule has 1 aromatic carbocycles. The van der Waals surface area contributed by atoms with Crippen LogP contribution in [0.15, 0.2) is 59.2 Å². The zero-order valence-electron chi connectivity index (χ0n) is 11.2. The summed E-state index contributed by atoms with van der Waals surface area (Å²) in [4.78, 5) is 9.06. The molecule has 4 heteroatoms. The molecule has 3 aromatic rings. The Kier molecular flexibility index (Phi) is 3.46. The number of hydrogen-bond donors (Lipinski definition) is 1. The number of rotatable bonds is 4. The topological polar surface area (TPSA) is 51.0 Å². The van der Waals surface area contributed by atoms with Gasteiger partial charge in [-0.05, 0) is 19.1 Å². The molecule has 4 nitrogen and oxygen atoms in total. The molecule has 0 bridgehead atoms. The van der Waals surface area contributed by atoms with E-state index >= 15 is 0 Å². The van der Waals surface area contributed by atoms with E-state index in [2.05, 4.69) is 15.3 Å². The third kappa shape index (κ3) is 2.54. The van der Waals surface area contributed by atoms with E-state index in [0.29, 0.717) is 11.6 Å². The average molecular weight is 265 g/mol. The lowest BCUT2D eigenvalue weighted by Gasteiger charge is -2.08. The summed E-state index contributed by atoms with van der Waals surface area (Å²) < 4.78 is 5.39. The minimum Gasteiger partial charge on any atom is -0.461 e. The van der Waals surface area contributed by atoms with Crippen LogP contribution < -0.4 is 5.32 Å². The first-order chi connectivity index (χ1) is 9.86. The molecule has 0 atom stereocenters. The van der Waals surface area contributed by atoms with Gasteiger partial charge in [0.05, 0.1) is 12.0 Å². The zero-order valence-corrected chi connectivity index (χ0v) is 11.2. The minimum atomic E-state index is 0.590. The fourth-order valence-corrected chi connectivity index (χ4v) is 1.99. The molecule has 0 saturated heterocycles. The van der Waals surface area contributed by atoms with E-state index in [1.807, 2.05) is 55.5 Å². The zero-order chi connectivity index (χ0) is 13.8. The van der Waals surface area contributed by atoms with Crippen molar-refractivity contribution >= 4 is 5.82 Å². The predicted molar refractivity (Wildman–Crippen MR) is 79.3 cm³/mol. The second-order valence-electron chi connectivity index (χ2n) is 4.34. The largest absolute Gasteiger partial charge is 0.461 e. The summed E-state index contributed by atoms with van der Waals surface area (Å²) >= 11 is 0. The quantitative estimate of drug-likeness (QED) is 0.778. The lowest BCUT2D eigenvalue weighted by Crippen LogP contribution is -2.02. The highest BCUT2D eigenvalue weighted by Crippen LogP contribution is 2.24. The van der Waals surface area contributed by atoms with Gasteiger partial charge in [-0.3, -0.25) is 0 Å². The van der Waals surface area contributed by atoms with Crippen molar-refractivity contribution in [2.24, 2.45) is 0 Å². The molecule has 0 spiro atoms. The Morgan fingerprint density at radius 2 is 1.90 bits per heavy atom. The molecule has 0 saturated carbocycles. The van der Waals surface area contributed by atoms with Crippen molar-refractivity contribution in [2.75, 3.05) is 11.9 Å².